The minimum Gasteiger partial charge on any atom is -0.496 e. The number of ether oxygens (including phenoxy) is 1. The highest BCUT2D eigenvalue weighted by Gasteiger charge is 2.23. The van der Waals surface area contributed by atoms with Gasteiger partial charge < -0.3 is 9.64 Å². The Morgan fingerprint density at radius 1 is 1.04 bits per heavy atom. The van der Waals surface area contributed by atoms with Crippen LogP contribution in [0.1, 0.15) is 29.7 Å². The van der Waals surface area contributed by atoms with Crippen molar-refractivity contribution in [3.63, 3.8) is 0 Å². The molecule has 0 N–H and O–H groups in total. The first-order chi connectivity index (χ1) is 13.7. The van der Waals surface area contributed by atoms with Crippen LogP contribution in [-0.4, -0.2) is 42.4 Å². The summed E-state index contributed by atoms with van der Waals surface area (Å²) in [5.74, 6) is 0.963. The molecule has 3 aromatic rings. The van der Waals surface area contributed by atoms with Gasteiger partial charge in [0, 0.05) is 17.7 Å². The predicted molar refractivity (Wildman–Crippen MR) is 114 cm³/mol. The Hall–Kier alpha value is -2.59. The molecule has 0 atom stereocenters. The summed E-state index contributed by atoms with van der Waals surface area (Å²) in [7, 11) is 5.97. The molecule has 4 nitrogen and oxygen atoms in total. The van der Waals surface area contributed by atoms with Crippen LogP contribution in [0, 0.1) is 0 Å². The van der Waals surface area contributed by atoms with Crippen LogP contribution >= 0.6 is 0 Å². The molecule has 0 unspecified atom stereocenters. The lowest BCUT2D eigenvalue weighted by molar-refractivity contribution is 0.392. The van der Waals surface area contributed by atoms with Crippen molar-refractivity contribution < 1.29 is 4.74 Å². The number of aryl methyl sites for hydroxylation is 1. The zero-order valence-electron chi connectivity index (χ0n) is 17.1. The molecule has 1 heterocycles. The number of aromatic nitrogens is 2. The van der Waals surface area contributed by atoms with Crippen molar-refractivity contribution in [2.24, 2.45) is 0 Å². The molecule has 28 heavy (non-hydrogen) atoms. The number of rotatable bonds is 6. The van der Waals surface area contributed by atoms with Crippen molar-refractivity contribution in [2.45, 2.75) is 32.1 Å². The predicted octanol–water partition coefficient (Wildman–Crippen LogP) is 4.53. The Morgan fingerprint density at radius 3 is 2.57 bits per heavy atom. The van der Waals surface area contributed by atoms with Gasteiger partial charge in [0.2, 0.25) is 0 Å². The van der Waals surface area contributed by atoms with E-state index in [0.717, 1.165) is 37.2 Å². The topological polar surface area (TPSA) is 30.3 Å². The summed E-state index contributed by atoms with van der Waals surface area (Å²) in [6.45, 7) is 0.996. The van der Waals surface area contributed by atoms with Gasteiger partial charge in [0.1, 0.15) is 5.75 Å². The number of hydrogen-bond acceptors (Lipinski definition) is 3. The van der Waals surface area contributed by atoms with E-state index in [1.807, 2.05) is 0 Å². The third-order valence-corrected chi connectivity index (χ3v) is 5.54. The highest BCUT2D eigenvalue weighted by Crippen LogP contribution is 2.35. The van der Waals surface area contributed by atoms with E-state index in [1.165, 1.54) is 40.9 Å². The molecular weight excluding hydrogens is 346 g/mol. The highest BCUT2D eigenvalue weighted by atomic mass is 16.5. The number of fused-ring (bicyclic) bond motifs is 1. The van der Waals surface area contributed by atoms with Crippen molar-refractivity contribution in [1.29, 1.82) is 0 Å². The highest BCUT2D eigenvalue weighted by molar-refractivity contribution is 5.69. The third kappa shape index (κ3) is 3.69. The number of para-hydroxylation sites is 1. The molecule has 2 aromatic carbocycles. The van der Waals surface area contributed by atoms with Crippen LogP contribution in [0.4, 0.5) is 0 Å². The quantitative estimate of drug-likeness (QED) is 0.634. The molecular formula is C24H29N3O. The molecule has 0 saturated heterocycles. The van der Waals surface area contributed by atoms with E-state index in [0.29, 0.717) is 0 Å². The average Bonchev–Trinajstić information content (AvgIpc) is 3.12. The van der Waals surface area contributed by atoms with Crippen LogP contribution in [0.2, 0.25) is 0 Å². The van der Waals surface area contributed by atoms with Crippen molar-refractivity contribution in [1.82, 2.24) is 14.7 Å². The molecule has 146 valence electrons. The Morgan fingerprint density at radius 2 is 1.82 bits per heavy atom. The Kier molecular flexibility index (Phi) is 5.49. The molecule has 0 fully saturated rings. The van der Waals surface area contributed by atoms with Gasteiger partial charge in [0.05, 0.1) is 24.2 Å². The standard InChI is InChI=1S/C24H29N3O/c1-26(2)16-15-18-17-19(13-14-23(18)28-3)24-21-11-7-8-12-22(21)25-27(24)20-9-5-4-6-10-20/h4-6,9-10,13-14,17H,7-8,11-12,15-16H2,1-3H3. The largest absolute Gasteiger partial charge is 0.496 e. The number of methoxy groups -OCH3 is 1. The maximum atomic E-state index is 5.64. The van der Waals surface area contributed by atoms with Crippen molar-refractivity contribution in [2.75, 3.05) is 27.7 Å². The number of hydrogen-bond donors (Lipinski definition) is 0. The average molecular weight is 376 g/mol. The maximum Gasteiger partial charge on any atom is 0.122 e. The van der Waals surface area contributed by atoms with Gasteiger partial charge in [-0.1, -0.05) is 18.2 Å². The monoisotopic (exact) mass is 375 g/mol. The summed E-state index contributed by atoms with van der Waals surface area (Å²) < 4.78 is 7.78. The van der Waals surface area contributed by atoms with Gasteiger partial charge in [-0.15, -0.1) is 0 Å². The fourth-order valence-corrected chi connectivity index (χ4v) is 4.07. The molecule has 4 rings (SSSR count). The third-order valence-electron chi connectivity index (χ3n) is 5.54. The first kappa shape index (κ1) is 18.8. The number of benzene rings is 2. The summed E-state index contributed by atoms with van der Waals surface area (Å²) in [5.41, 5.74) is 7.52. The second-order valence-electron chi connectivity index (χ2n) is 7.81. The van der Waals surface area contributed by atoms with Gasteiger partial charge in [-0.2, -0.15) is 5.10 Å². The Balaban J connectivity index is 1.84. The van der Waals surface area contributed by atoms with Gasteiger partial charge >= 0.3 is 0 Å². The van der Waals surface area contributed by atoms with E-state index in [-0.39, 0.29) is 0 Å². The van der Waals surface area contributed by atoms with Gasteiger partial charge in [-0.05, 0) is 82.1 Å². The molecule has 0 bridgehead atoms. The maximum absolute atomic E-state index is 5.64. The van der Waals surface area contributed by atoms with E-state index in [4.69, 9.17) is 9.84 Å². The molecule has 1 aromatic heterocycles. The van der Waals surface area contributed by atoms with E-state index in [1.54, 1.807) is 7.11 Å². The number of nitrogens with zero attached hydrogens (tertiary/aromatic N) is 3. The second kappa shape index (κ2) is 8.19. The van der Waals surface area contributed by atoms with Gasteiger partial charge in [0.25, 0.3) is 0 Å². The normalized spacial score (nSPS) is 13.6. The molecule has 1 aliphatic carbocycles. The van der Waals surface area contributed by atoms with Gasteiger partial charge in [-0.25, -0.2) is 4.68 Å². The SMILES string of the molecule is COc1ccc(-c2c3c(nn2-c2ccccc2)CCCC3)cc1CCN(C)C. The smallest absolute Gasteiger partial charge is 0.122 e. The molecule has 0 saturated carbocycles. The first-order valence-corrected chi connectivity index (χ1v) is 10.2. The molecule has 0 spiro atoms. The lowest BCUT2D eigenvalue weighted by atomic mass is 9.92. The van der Waals surface area contributed by atoms with Crippen LogP contribution in [0.15, 0.2) is 48.5 Å². The molecule has 1 aliphatic rings. The van der Waals surface area contributed by atoms with Crippen LogP contribution in [0.3, 0.4) is 0 Å². The van der Waals surface area contributed by atoms with E-state index >= 15 is 0 Å². The van der Waals surface area contributed by atoms with E-state index in [9.17, 15) is 0 Å². The summed E-state index contributed by atoms with van der Waals surface area (Å²) in [6, 6.07) is 17.1. The van der Waals surface area contributed by atoms with Crippen LogP contribution in [-0.2, 0) is 19.3 Å². The molecule has 0 radical (unpaired) electrons. The lowest BCUT2D eigenvalue weighted by Crippen LogP contribution is -2.15. The summed E-state index contributed by atoms with van der Waals surface area (Å²) >= 11 is 0. The molecule has 0 aliphatic heterocycles. The van der Waals surface area contributed by atoms with Crippen LogP contribution < -0.4 is 4.74 Å². The summed E-state index contributed by atoms with van der Waals surface area (Å²) in [4.78, 5) is 2.21. The summed E-state index contributed by atoms with van der Waals surface area (Å²) in [5, 5.41) is 5.02. The number of likely N-dealkylation sites (N-methyl/N-ethyl adjacent to an activating group) is 1. The summed E-state index contributed by atoms with van der Waals surface area (Å²) in [6.07, 6.45) is 5.62. The van der Waals surface area contributed by atoms with Crippen LogP contribution in [0.5, 0.6) is 5.75 Å². The van der Waals surface area contributed by atoms with E-state index < -0.39 is 0 Å². The van der Waals surface area contributed by atoms with Gasteiger partial charge in [-0.3, -0.25) is 0 Å². The van der Waals surface area contributed by atoms with Crippen molar-refractivity contribution in [3.05, 3.63) is 65.4 Å². The molecule has 4 heteroatoms. The van der Waals surface area contributed by atoms with Crippen molar-refractivity contribution in [3.8, 4) is 22.7 Å². The fourth-order valence-electron chi connectivity index (χ4n) is 4.07. The van der Waals surface area contributed by atoms with E-state index in [2.05, 4.69) is 72.2 Å². The zero-order chi connectivity index (χ0) is 19.5. The lowest BCUT2D eigenvalue weighted by Gasteiger charge is -2.16. The molecule has 0 amide bonds. The first-order valence-electron chi connectivity index (χ1n) is 10.2. The minimum absolute atomic E-state index is 0.963. The van der Waals surface area contributed by atoms with Gasteiger partial charge in [0.15, 0.2) is 0 Å². The van der Waals surface area contributed by atoms with Crippen LogP contribution in [0.25, 0.3) is 16.9 Å². The minimum atomic E-state index is 0.963. The second-order valence-corrected chi connectivity index (χ2v) is 7.81. The fraction of sp³-hybridized carbons (Fsp3) is 0.375. The van der Waals surface area contributed by atoms with Crippen molar-refractivity contribution >= 4 is 0 Å². The Labute approximate surface area is 167 Å². The Bertz CT molecular complexity index is 944. The zero-order valence-corrected chi connectivity index (χ0v) is 17.1.